The third kappa shape index (κ3) is 3.33. The van der Waals surface area contributed by atoms with E-state index in [0.717, 1.165) is 32.7 Å². The zero-order chi connectivity index (χ0) is 15.5. The third-order valence-electron chi connectivity index (χ3n) is 4.82. The number of rotatable bonds is 3. The first-order valence-corrected chi connectivity index (χ1v) is 8.22. The Hall–Kier alpha value is -1.80. The fourth-order valence-corrected chi connectivity index (χ4v) is 3.18. The maximum absolute atomic E-state index is 2.56. The van der Waals surface area contributed by atoms with Crippen LogP contribution in [0, 0.1) is 20.8 Å². The molecule has 1 aliphatic rings. The van der Waals surface area contributed by atoms with Gasteiger partial charge in [0.15, 0.2) is 0 Å². The van der Waals surface area contributed by atoms with E-state index in [4.69, 9.17) is 0 Å². The van der Waals surface area contributed by atoms with E-state index >= 15 is 0 Å². The van der Waals surface area contributed by atoms with Crippen LogP contribution in [0.25, 0.3) is 0 Å². The Morgan fingerprint density at radius 2 is 1.50 bits per heavy atom. The highest BCUT2D eigenvalue weighted by molar-refractivity contribution is 5.56. The number of anilines is 1. The van der Waals surface area contributed by atoms with Crippen LogP contribution in [0.1, 0.15) is 22.3 Å². The number of hydrogen-bond acceptors (Lipinski definition) is 2. The molecule has 1 heterocycles. The number of piperazine rings is 1. The molecule has 0 aromatic heterocycles. The topological polar surface area (TPSA) is 6.48 Å². The van der Waals surface area contributed by atoms with Crippen molar-refractivity contribution in [1.82, 2.24) is 4.90 Å². The summed E-state index contributed by atoms with van der Waals surface area (Å²) >= 11 is 0. The van der Waals surface area contributed by atoms with Crippen molar-refractivity contribution >= 4 is 5.69 Å². The smallest absolute Gasteiger partial charge is 0.0399 e. The summed E-state index contributed by atoms with van der Waals surface area (Å²) in [5.74, 6) is 0. The van der Waals surface area contributed by atoms with E-state index in [-0.39, 0.29) is 0 Å². The SMILES string of the molecule is Cc1ccc(CN2CCN(c3cccc(C)c3C)CC2)cc1. The van der Waals surface area contributed by atoms with E-state index in [1.807, 2.05) is 0 Å². The van der Waals surface area contributed by atoms with Gasteiger partial charge in [0.2, 0.25) is 0 Å². The van der Waals surface area contributed by atoms with Crippen molar-refractivity contribution in [2.75, 3.05) is 31.1 Å². The Balaban J connectivity index is 1.60. The van der Waals surface area contributed by atoms with Crippen LogP contribution in [0.15, 0.2) is 42.5 Å². The molecule has 22 heavy (non-hydrogen) atoms. The second-order valence-electron chi connectivity index (χ2n) is 6.47. The Morgan fingerprint density at radius 1 is 0.818 bits per heavy atom. The Morgan fingerprint density at radius 3 is 2.18 bits per heavy atom. The van der Waals surface area contributed by atoms with Crippen LogP contribution >= 0.6 is 0 Å². The molecule has 116 valence electrons. The van der Waals surface area contributed by atoms with Crippen molar-refractivity contribution in [3.8, 4) is 0 Å². The second kappa shape index (κ2) is 6.53. The zero-order valence-electron chi connectivity index (χ0n) is 14.0. The minimum Gasteiger partial charge on any atom is -0.369 e. The number of benzene rings is 2. The van der Waals surface area contributed by atoms with Gasteiger partial charge in [0.25, 0.3) is 0 Å². The molecule has 2 aromatic carbocycles. The molecule has 0 amide bonds. The fourth-order valence-electron chi connectivity index (χ4n) is 3.18. The van der Waals surface area contributed by atoms with Gasteiger partial charge in [-0.3, -0.25) is 4.90 Å². The Labute approximate surface area is 134 Å². The lowest BCUT2D eigenvalue weighted by Gasteiger charge is -2.37. The molecule has 0 spiro atoms. The molecule has 1 aliphatic heterocycles. The summed E-state index contributed by atoms with van der Waals surface area (Å²) in [6.45, 7) is 12.2. The monoisotopic (exact) mass is 294 g/mol. The molecule has 0 bridgehead atoms. The minimum atomic E-state index is 1.07. The van der Waals surface area contributed by atoms with Gasteiger partial charge in [0, 0.05) is 38.4 Å². The predicted octanol–water partition coefficient (Wildman–Crippen LogP) is 3.93. The van der Waals surface area contributed by atoms with Crippen molar-refractivity contribution in [2.45, 2.75) is 27.3 Å². The molecule has 0 N–H and O–H groups in total. The van der Waals surface area contributed by atoms with Crippen LogP contribution < -0.4 is 4.90 Å². The van der Waals surface area contributed by atoms with E-state index in [2.05, 4.69) is 73.0 Å². The highest BCUT2D eigenvalue weighted by Crippen LogP contribution is 2.24. The molecule has 0 radical (unpaired) electrons. The first kappa shape index (κ1) is 15.1. The van der Waals surface area contributed by atoms with Gasteiger partial charge in [-0.15, -0.1) is 0 Å². The molecule has 0 atom stereocenters. The molecule has 2 nitrogen and oxygen atoms in total. The van der Waals surface area contributed by atoms with Gasteiger partial charge < -0.3 is 4.90 Å². The lowest BCUT2D eigenvalue weighted by molar-refractivity contribution is 0.250. The second-order valence-corrected chi connectivity index (χ2v) is 6.47. The highest BCUT2D eigenvalue weighted by atomic mass is 15.3. The molecule has 1 fully saturated rings. The first-order valence-electron chi connectivity index (χ1n) is 8.22. The molecular formula is C20H26N2. The van der Waals surface area contributed by atoms with Gasteiger partial charge in [-0.25, -0.2) is 0 Å². The van der Waals surface area contributed by atoms with Crippen molar-refractivity contribution in [3.63, 3.8) is 0 Å². The van der Waals surface area contributed by atoms with E-state index in [1.165, 1.54) is 27.9 Å². The van der Waals surface area contributed by atoms with Gasteiger partial charge in [0.1, 0.15) is 0 Å². The fraction of sp³-hybridized carbons (Fsp3) is 0.400. The standard InChI is InChI=1S/C20H26N2/c1-16-7-9-19(10-8-16)15-21-11-13-22(14-12-21)20-6-4-5-17(2)18(20)3/h4-10H,11-15H2,1-3H3. The summed E-state index contributed by atoms with van der Waals surface area (Å²) in [7, 11) is 0. The molecule has 1 saturated heterocycles. The average Bonchev–Trinajstić information content (AvgIpc) is 2.53. The van der Waals surface area contributed by atoms with Crippen LogP contribution in [0.4, 0.5) is 5.69 Å². The summed E-state index contributed by atoms with van der Waals surface area (Å²) < 4.78 is 0. The van der Waals surface area contributed by atoms with Crippen molar-refractivity contribution < 1.29 is 0 Å². The van der Waals surface area contributed by atoms with Gasteiger partial charge >= 0.3 is 0 Å². The quantitative estimate of drug-likeness (QED) is 0.846. The molecule has 2 aromatic rings. The largest absolute Gasteiger partial charge is 0.369 e. The molecule has 2 heteroatoms. The molecular weight excluding hydrogens is 268 g/mol. The van der Waals surface area contributed by atoms with E-state index in [0.29, 0.717) is 0 Å². The van der Waals surface area contributed by atoms with Crippen molar-refractivity contribution in [1.29, 1.82) is 0 Å². The van der Waals surface area contributed by atoms with Crippen LogP contribution in [0.3, 0.4) is 0 Å². The molecule has 0 saturated carbocycles. The van der Waals surface area contributed by atoms with Crippen molar-refractivity contribution in [3.05, 3.63) is 64.7 Å². The summed E-state index contributed by atoms with van der Waals surface area (Å²) in [5, 5.41) is 0. The van der Waals surface area contributed by atoms with E-state index < -0.39 is 0 Å². The zero-order valence-corrected chi connectivity index (χ0v) is 14.0. The summed E-state index contributed by atoms with van der Waals surface area (Å²) in [6, 6.07) is 15.6. The Kier molecular flexibility index (Phi) is 4.49. The highest BCUT2D eigenvalue weighted by Gasteiger charge is 2.18. The lowest BCUT2D eigenvalue weighted by atomic mass is 10.1. The molecule has 3 rings (SSSR count). The van der Waals surface area contributed by atoms with Gasteiger partial charge in [-0.05, 0) is 43.5 Å². The third-order valence-corrected chi connectivity index (χ3v) is 4.82. The van der Waals surface area contributed by atoms with Crippen LogP contribution in [0.2, 0.25) is 0 Å². The lowest BCUT2D eigenvalue weighted by Crippen LogP contribution is -2.46. The summed E-state index contributed by atoms with van der Waals surface area (Å²) in [4.78, 5) is 5.10. The predicted molar refractivity (Wildman–Crippen MR) is 94.6 cm³/mol. The van der Waals surface area contributed by atoms with Gasteiger partial charge in [0.05, 0.1) is 0 Å². The number of nitrogens with zero attached hydrogens (tertiary/aromatic N) is 2. The number of aryl methyl sites for hydroxylation is 2. The Bertz CT molecular complexity index is 623. The normalized spacial score (nSPS) is 16.0. The van der Waals surface area contributed by atoms with Crippen molar-refractivity contribution in [2.24, 2.45) is 0 Å². The van der Waals surface area contributed by atoms with E-state index in [9.17, 15) is 0 Å². The first-order chi connectivity index (χ1) is 10.6. The maximum Gasteiger partial charge on any atom is 0.0399 e. The van der Waals surface area contributed by atoms with E-state index in [1.54, 1.807) is 0 Å². The van der Waals surface area contributed by atoms with Crippen LogP contribution in [0.5, 0.6) is 0 Å². The number of hydrogen-bond donors (Lipinski definition) is 0. The molecule has 0 unspecified atom stereocenters. The van der Waals surface area contributed by atoms with Gasteiger partial charge in [-0.2, -0.15) is 0 Å². The summed E-state index contributed by atoms with van der Waals surface area (Å²) in [6.07, 6.45) is 0. The average molecular weight is 294 g/mol. The maximum atomic E-state index is 2.56. The minimum absolute atomic E-state index is 1.07. The molecule has 0 aliphatic carbocycles. The van der Waals surface area contributed by atoms with Crippen LogP contribution in [-0.2, 0) is 6.54 Å². The summed E-state index contributed by atoms with van der Waals surface area (Å²) in [5.41, 5.74) is 6.98. The van der Waals surface area contributed by atoms with Gasteiger partial charge in [-0.1, -0.05) is 42.0 Å². The van der Waals surface area contributed by atoms with Crippen LogP contribution in [-0.4, -0.2) is 31.1 Å².